The summed E-state index contributed by atoms with van der Waals surface area (Å²) < 4.78 is 0. The molecule has 0 amide bonds. The van der Waals surface area contributed by atoms with E-state index in [0.717, 1.165) is 45.3 Å². The molecule has 26 heavy (non-hydrogen) atoms. The third kappa shape index (κ3) is 16.3. The Morgan fingerprint density at radius 2 is 1.04 bits per heavy atom. The molecule has 0 saturated heterocycles. The topological polar surface area (TPSA) is 113 Å². The first-order valence-corrected chi connectivity index (χ1v) is 10.5. The molecule has 0 radical (unpaired) electrons. The van der Waals surface area contributed by atoms with E-state index >= 15 is 0 Å². The zero-order chi connectivity index (χ0) is 19.5. The molecule has 0 atom stereocenters. The summed E-state index contributed by atoms with van der Waals surface area (Å²) in [5.74, 6) is -3.69. The van der Waals surface area contributed by atoms with Gasteiger partial charge in [-0.25, -0.2) is 0 Å². The molecule has 0 bridgehead atoms. The standard InChI is InChI=1S/C20H40N2O4/c21-15-11-7-9-13-17-22-16-12-8-5-3-1-2-4-6-10-14-18(19(23)24)20(25)26/h18,22H,1-17,21H2,(H,23,24)(H,25,26). The highest BCUT2D eigenvalue weighted by Gasteiger charge is 2.24. The summed E-state index contributed by atoms with van der Waals surface area (Å²) in [5.41, 5.74) is 5.47. The zero-order valence-corrected chi connectivity index (χ0v) is 16.4. The number of carboxylic acids is 2. The van der Waals surface area contributed by atoms with Crippen molar-refractivity contribution in [1.29, 1.82) is 0 Å². The third-order valence-electron chi connectivity index (χ3n) is 4.75. The van der Waals surface area contributed by atoms with Gasteiger partial charge in [-0.1, -0.05) is 64.2 Å². The summed E-state index contributed by atoms with van der Waals surface area (Å²) in [7, 11) is 0. The Balaban J connectivity index is 3.20. The molecule has 0 aliphatic heterocycles. The molecule has 6 nitrogen and oxygen atoms in total. The molecule has 0 spiro atoms. The van der Waals surface area contributed by atoms with Crippen LogP contribution < -0.4 is 11.1 Å². The lowest BCUT2D eigenvalue weighted by Gasteiger charge is -2.07. The molecule has 0 saturated carbocycles. The number of unbranched alkanes of at least 4 members (excludes halogenated alkanes) is 11. The van der Waals surface area contributed by atoms with Crippen molar-refractivity contribution in [3.8, 4) is 0 Å². The average Bonchev–Trinajstić information content (AvgIpc) is 2.60. The molecule has 0 aliphatic carbocycles. The molecule has 0 aromatic rings. The lowest BCUT2D eigenvalue weighted by atomic mass is 10.00. The largest absolute Gasteiger partial charge is 0.481 e. The van der Waals surface area contributed by atoms with Crippen LogP contribution in [-0.2, 0) is 9.59 Å². The molecule has 0 unspecified atom stereocenters. The SMILES string of the molecule is NCCCCCCNCCCCCCCCCCCC(C(=O)O)C(=O)O. The Morgan fingerprint density at radius 1 is 0.654 bits per heavy atom. The van der Waals surface area contributed by atoms with Crippen LogP contribution in [0.2, 0.25) is 0 Å². The van der Waals surface area contributed by atoms with Gasteiger partial charge in [0.25, 0.3) is 0 Å². The van der Waals surface area contributed by atoms with Crippen LogP contribution in [0.4, 0.5) is 0 Å². The highest BCUT2D eigenvalue weighted by Crippen LogP contribution is 2.14. The molecule has 0 aliphatic rings. The number of hydrogen-bond donors (Lipinski definition) is 4. The normalized spacial score (nSPS) is 11.2. The Kier molecular flexibility index (Phi) is 17.8. The Labute approximate surface area is 158 Å². The summed E-state index contributed by atoms with van der Waals surface area (Å²) in [4.78, 5) is 21.5. The van der Waals surface area contributed by atoms with E-state index in [-0.39, 0.29) is 6.42 Å². The van der Waals surface area contributed by atoms with Crippen LogP contribution in [0.15, 0.2) is 0 Å². The molecule has 0 heterocycles. The van der Waals surface area contributed by atoms with Gasteiger partial charge < -0.3 is 21.3 Å². The number of carbonyl (C=O) groups is 2. The fraction of sp³-hybridized carbons (Fsp3) is 0.900. The number of carboxylic acid groups (broad SMARTS) is 2. The minimum absolute atomic E-state index is 0.241. The first-order valence-electron chi connectivity index (χ1n) is 10.5. The van der Waals surface area contributed by atoms with E-state index in [9.17, 15) is 9.59 Å². The number of rotatable bonds is 20. The first kappa shape index (κ1) is 24.9. The van der Waals surface area contributed by atoms with Crippen LogP contribution in [-0.4, -0.2) is 41.8 Å². The minimum Gasteiger partial charge on any atom is -0.481 e. The summed E-state index contributed by atoms with van der Waals surface area (Å²) >= 11 is 0. The van der Waals surface area contributed by atoms with Crippen LogP contribution in [0, 0.1) is 5.92 Å². The van der Waals surface area contributed by atoms with Gasteiger partial charge in [-0.05, 0) is 45.3 Å². The third-order valence-corrected chi connectivity index (χ3v) is 4.75. The van der Waals surface area contributed by atoms with Crippen molar-refractivity contribution in [3.63, 3.8) is 0 Å². The molecule has 0 aromatic heterocycles. The van der Waals surface area contributed by atoms with Crippen molar-refractivity contribution >= 4 is 11.9 Å². The Bertz CT molecular complexity index is 337. The van der Waals surface area contributed by atoms with Crippen molar-refractivity contribution in [2.75, 3.05) is 19.6 Å². The fourth-order valence-electron chi connectivity index (χ4n) is 3.06. The van der Waals surface area contributed by atoms with Crippen LogP contribution >= 0.6 is 0 Å². The van der Waals surface area contributed by atoms with E-state index in [1.165, 1.54) is 51.4 Å². The maximum absolute atomic E-state index is 10.8. The molecule has 0 fully saturated rings. The van der Waals surface area contributed by atoms with Crippen LogP contribution in [0.3, 0.4) is 0 Å². The van der Waals surface area contributed by atoms with Gasteiger partial charge >= 0.3 is 11.9 Å². The molecule has 5 N–H and O–H groups in total. The van der Waals surface area contributed by atoms with Crippen molar-refractivity contribution in [2.24, 2.45) is 11.7 Å². The van der Waals surface area contributed by atoms with Gasteiger partial charge in [0.2, 0.25) is 0 Å². The number of aliphatic carboxylic acids is 2. The van der Waals surface area contributed by atoms with E-state index in [4.69, 9.17) is 15.9 Å². The van der Waals surface area contributed by atoms with Gasteiger partial charge in [0.05, 0.1) is 0 Å². The van der Waals surface area contributed by atoms with Crippen molar-refractivity contribution in [1.82, 2.24) is 5.32 Å². The van der Waals surface area contributed by atoms with Gasteiger partial charge in [0, 0.05) is 0 Å². The number of nitrogens with one attached hydrogen (secondary N) is 1. The van der Waals surface area contributed by atoms with Crippen LogP contribution in [0.25, 0.3) is 0 Å². The van der Waals surface area contributed by atoms with Gasteiger partial charge in [-0.2, -0.15) is 0 Å². The fourth-order valence-corrected chi connectivity index (χ4v) is 3.06. The highest BCUT2D eigenvalue weighted by atomic mass is 16.4. The maximum Gasteiger partial charge on any atom is 0.317 e. The van der Waals surface area contributed by atoms with Gasteiger partial charge in [0.15, 0.2) is 5.92 Å². The van der Waals surface area contributed by atoms with Crippen molar-refractivity contribution < 1.29 is 19.8 Å². The van der Waals surface area contributed by atoms with Crippen LogP contribution in [0.1, 0.15) is 89.9 Å². The van der Waals surface area contributed by atoms with E-state index < -0.39 is 17.9 Å². The Hall–Kier alpha value is -1.14. The van der Waals surface area contributed by atoms with Crippen LogP contribution in [0.5, 0.6) is 0 Å². The number of nitrogens with two attached hydrogens (primary N) is 1. The second-order valence-electron chi connectivity index (χ2n) is 7.15. The minimum atomic E-state index is -1.24. The first-order chi connectivity index (χ1) is 12.6. The molecule has 0 rings (SSSR count). The predicted octanol–water partition coefficient (Wildman–Crippen LogP) is 3.78. The second kappa shape index (κ2) is 18.6. The second-order valence-corrected chi connectivity index (χ2v) is 7.15. The van der Waals surface area contributed by atoms with Gasteiger partial charge in [-0.3, -0.25) is 9.59 Å². The van der Waals surface area contributed by atoms with Gasteiger partial charge in [0.1, 0.15) is 0 Å². The highest BCUT2D eigenvalue weighted by molar-refractivity contribution is 5.92. The maximum atomic E-state index is 10.8. The van der Waals surface area contributed by atoms with E-state index in [1.807, 2.05) is 0 Å². The molecule has 154 valence electrons. The number of hydrogen-bond acceptors (Lipinski definition) is 4. The molecule has 6 heteroatoms. The van der Waals surface area contributed by atoms with E-state index in [1.54, 1.807) is 0 Å². The summed E-state index contributed by atoms with van der Waals surface area (Å²) in [6.07, 6.45) is 15.3. The summed E-state index contributed by atoms with van der Waals surface area (Å²) in [6, 6.07) is 0. The molecular formula is C20H40N2O4. The molecule has 0 aromatic carbocycles. The lowest BCUT2D eigenvalue weighted by molar-refractivity contribution is -0.154. The smallest absolute Gasteiger partial charge is 0.317 e. The Morgan fingerprint density at radius 3 is 1.46 bits per heavy atom. The average molecular weight is 373 g/mol. The van der Waals surface area contributed by atoms with Gasteiger partial charge in [-0.15, -0.1) is 0 Å². The monoisotopic (exact) mass is 372 g/mol. The summed E-state index contributed by atoms with van der Waals surface area (Å²) in [5, 5.41) is 21.1. The predicted molar refractivity (Wildman–Crippen MR) is 105 cm³/mol. The van der Waals surface area contributed by atoms with E-state index in [2.05, 4.69) is 5.32 Å². The zero-order valence-electron chi connectivity index (χ0n) is 16.4. The van der Waals surface area contributed by atoms with Crippen molar-refractivity contribution in [2.45, 2.75) is 89.9 Å². The summed E-state index contributed by atoms with van der Waals surface area (Å²) in [6.45, 7) is 3.05. The quantitative estimate of drug-likeness (QED) is 0.191. The van der Waals surface area contributed by atoms with Crippen molar-refractivity contribution in [3.05, 3.63) is 0 Å². The lowest BCUT2D eigenvalue weighted by Crippen LogP contribution is -2.23. The molecular weight excluding hydrogens is 332 g/mol. The van der Waals surface area contributed by atoms with E-state index in [0.29, 0.717) is 6.42 Å².